The molecule has 1 heterocycles. The number of hydrogen-bond donors (Lipinski definition) is 1. The van der Waals surface area contributed by atoms with Crippen LogP contribution in [0.1, 0.15) is 18.1 Å². The van der Waals surface area contributed by atoms with Gasteiger partial charge in [-0.05, 0) is 49.0 Å². The van der Waals surface area contributed by atoms with Crippen LogP contribution in [0.15, 0.2) is 42.1 Å². The van der Waals surface area contributed by atoms with Gasteiger partial charge in [0.15, 0.2) is 10.9 Å². The molecule has 1 aliphatic rings. The lowest BCUT2D eigenvalue weighted by Crippen LogP contribution is -2.30. The van der Waals surface area contributed by atoms with E-state index >= 15 is 0 Å². The van der Waals surface area contributed by atoms with Gasteiger partial charge in [-0.15, -0.1) is 0 Å². The molecule has 1 saturated heterocycles. The van der Waals surface area contributed by atoms with Crippen molar-refractivity contribution in [2.45, 2.75) is 13.5 Å². The molecule has 0 spiro atoms. The summed E-state index contributed by atoms with van der Waals surface area (Å²) in [6.07, 6.45) is 1.65. The van der Waals surface area contributed by atoms with E-state index in [4.69, 9.17) is 51.8 Å². The van der Waals surface area contributed by atoms with Gasteiger partial charge >= 0.3 is 0 Å². The Balaban J connectivity index is 1.81. The van der Waals surface area contributed by atoms with E-state index < -0.39 is 0 Å². The van der Waals surface area contributed by atoms with Gasteiger partial charge in [0.05, 0.1) is 10.0 Å². The summed E-state index contributed by atoms with van der Waals surface area (Å²) in [7, 11) is 0. The van der Waals surface area contributed by atoms with E-state index in [1.165, 1.54) is 4.90 Å². The van der Waals surface area contributed by atoms with E-state index in [2.05, 4.69) is 5.32 Å². The molecule has 4 nitrogen and oxygen atoms in total. The molecule has 27 heavy (non-hydrogen) atoms. The summed E-state index contributed by atoms with van der Waals surface area (Å²) in [4.78, 5) is 13.8. The van der Waals surface area contributed by atoms with Crippen LogP contribution in [-0.2, 0) is 11.4 Å². The molecule has 0 aliphatic carbocycles. The summed E-state index contributed by atoms with van der Waals surface area (Å²) >= 11 is 23.9. The number of ether oxygens (including phenoxy) is 1. The molecular weight excluding hydrogens is 427 g/mol. The molecule has 0 atom stereocenters. The first-order valence-corrected chi connectivity index (χ1v) is 9.64. The predicted octanol–water partition coefficient (Wildman–Crippen LogP) is 5.30. The first-order chi connectivity index (χ1) is 12.9. The Kier molecular flexibility index (Phi) is 6.27. The van der Waals surface area contributed by atoms with Crippen LogP contribution in [0.3, 0.4) is 0 Å². The molecule has 0 aromatic heterocycles. The number of hydrogen-bond acceptors (Lipinski definition) is 3. The number of likely N-dealkylation sites (N-methyl/N-ethyl adjacent to an activating group) is 1. The molecule has 3 rings (SSSR count). The summed E-state index contributed by atoms with van der Waals surface area (Å²) in [5.74, 6) is 0.172. The molecule has 1 N–H and O–H groups in total. The number of carbonyl (C=O) groups is 1. The van der Waals surface area contributed by atoms with Crippen LogP contribution in [0.2, 0.25) is 15.1 Å². The lowest BCUT2D eigenvalue weighted by Gasteiger charge is -2.12. The van der Waals surface area contributed by atoms with Crippen molar-refractivity contribution in [3.63, 3.8) is 0 Å². The Morgan fingerprint density at radius 1 is 1.15 bits per heavy atom. The summed E-state index contributed by atoms with van der Waals surface area (Å²) < 4.78 is 5.75. The molecule has 8 heteroatoms. The van der Waals surface area contributed by atoms with E-state index in [-0.39, 0.29) is 12.5 Å². The highest BCUT2D eigenvalue weighted by Gasteiger charge is 2.29. The molecule has 0 bridgehead atoms. The van der Waals surface area contributed by atoms with Crippen LogP contribution in [0, 0.1) is 0 Å². The van der Waals surface area contributed by atoms with Crippen LogP contribution >= 0.6 is 47.0 Å². The molecule has 1 amide bonds. The highest BCUT2D eigenvalue weighted by molar-refractivity contribution is 7.80. The van der Waals surface area contributed by atoms with Crippen molar-refractivity contribution < 1.29 is 9.53 Å². The molecule has 0 saturated carbocycles. The minimum absolute atomic E-state index is 0.186. The van der Waals surface area contributed by atoms with Gasteiger partial charge in [0, 0.05) is 17.1 Å². The molecule has 0 unspecified atom stereocenters. The second kappa shape index (κ2) is 8.48. The van der Waals surface area contributed by atoms with Crippen molar-refractivity contribution in [1.29, 1.82) is 0 Å². The largest absolute Gasteiger partial charge is 0.486 e. The third-order valence-corrected chi connectivity index (χ3v) is 5.19. The molecule has 1 fully saturated rings. The lowest BCUT2D eigenvalue weighted by molar-refractivity contribution is -0.122. The van der Waals surface area contributed by atoms with Crippen LogP contribution in [0.25, 0.3) is 6.08 Å². The minimum Gasteiger partial charge on any atom is -0.486 e. The standard InChI is InChI=1S/C19H15Cl3N2O2S/c1-2-24-18(25)16(23-19(24)27)9-11-7-14(21)17(15(22)8-11)26-10-12-5-3-4-6-13(12)20/h3-9H,2,10H2,1H3,(H,23,27)/b16-9-. The second-order valence-electron chi connectivity index (χ2n) is 5.73. The number of carbonyl (C=O) groups excluding carboxylic acids is 1. The normalized spacial score (nSPS) is 15.4. The van der Waals surface area contributed by atoms with Gasteiger partial charge in [0.25, 0.3) is 5.91 Å². The smallest absolute Gasteiger partial charge is 0.276 e. The van der Waals surface area contributed by atoms with Crippen LogP contribution < -0.4 is 10.1 Å². The van der Waals surface area contributed by atoms with E-state index in [1.807, 2.05) is 25.1 Å². The number of thiocarbonyl (C=S) groups is 1. The zero-order valence-electron chi connectivity index (χ0n) is 14.3. The number of nitrogens with zero attached hydrogens (tertiary/aromatic N) is 1. The van der Waals surface area contributed by atoms with Crippen LogP contribution in [0.5, 0.6) is 5.75 Å². The quantitative estimate of drug-likeness (QED) is 0.505. The molecule has 2 aromatic rings. The third-order valence-electron chi connectivity index (χ3n) is 3.94. The molecule has 2 aromatic carbocycles. The number of nitrogens with one attached hydrogen (secondary N) is 1. The van der Waals surface area contributed by atoms with Crippen molar-refractivity contribution in [2.24, 2.45) is 0 Å². The van der Waals surface area contributed by atoms with E-state index in [0.717, 1.165) is 5.56 Å². The summed E-state index contributed by atoms with van der Waals surface area (Å²) in [5, 5.41) is 4.55. The number of rotatable bonds is 5. The van der Waals surface area contributed by atoms with E-state index in [9.17, 15) is 4.79 Å². The van der Waals surface area contributed by atoms with Crippen molar-refractivity contribution >= 4 is 64.1 Å². The average molecular weight is 442 g/mol. The molecular formula is C19H15Cl3N2O2S. The first kappa shape index (κ1) is 20.0. The SMILES string of the molecule is CCN1C(=O)/C(=C/c2cc(Cl)c(OCc3ccccc3Cl)c(Cl)c2)NC1=S. The third kappa shape index (κ3) is 4.38. The fourth-order valence-electron chi connectivity index (χ4n) is 2.59. The Labute approximate surface area is 177 Å². The minimum atomic E-state index is -0.186. The van der Waals surface area contributed by atoms with Gasteiger partial charge in [-0.25, -0.2) is 0 Å². The zero-order chi connectivity index (χ0) is 19.6. The van der Waals surface area contributed by atoms with Gasteiger partial charge in [-0.2, -0.15) is 0 Å². The van der Waals surface area contributed by atoms with E-state index in [0.29, 0.717) is 43.7 Å². The Morgan fingerprint density at radius 2 is 1.81 bits per heavy atom. The maximum Gasteiger partial charge on any atom is 0.276 e. The summed E-state index contributed by atoms with van der Waals surface area (Å²) in [6, 6.07) is 10.7. The van der Waals surface area contributed by atoms with Gasteiger partial charge in [-0.3, -0.25) is 9.69 Å². The topological polar surface area (TPSA) is 41.6 Å². The molecule has 1 aliphatic heterocycles. The molecule has 0 radical (unpaired) electrons. The van der Waals surface area contributed by atoms with Crippen LogP contribution in [-0.4, -0.2) is 22.5 Å². The number of halogens is 3. The van der Waals surface area contributed by atoms with E-state index in [1.54, 1.807) is 24.3 Å². The van der Waals surface area contributed by atoms with Crippen molar-refractivity contribution in [3.05, 3.63) is 68.3 Å². The first-order valence-electron chi connectivity index (χ1n) is 8.10. The van der Waals surface area contributed by atoms with Crippen molar-refractivity contribution in [1.82, 2.24) is 10.2 Å². The highest BCUT2D eigenvalue weighted by Crippen LogP contribution is 2.36. The fourth-order valence-corrected chi connectivity index (χ4v) is 3.72. The monoisotopic (exact) mass is 440 g/mol. The maximum atomic E-state index is 12.3. The van der Waals surface area contributed by atoms with Gasteiger partial charge < -0.3 is 10.1 Å². The van der Waals surface area contributed by atoms with Crippen LogP contribution in [0.4, 0.5) is 0 Å². The highest BCUT2D eigenvalue weighted by atomic mass is 35.5. The fraction of sp³-hybridized carbons (Fsp3) is 0.158. The lowest BCUT2D eigenvalue weighted by atomic mass is 10.1. The zero-order valence-corrected chi connectivity index (χ0v) is 17.3. The maximum absolute atomic E-state index is 12.3. The average Bonchev–Trinajstić information content (AvgIpc) is 2.88. The predicted molar refractivity (Wildman–Crippen MR) is 113 cm³/mol. The van der Waals surface area contributed by atoms with Crippen molar-refractivity contribution in [2.75, 3.05) is 6.54 Å². The summed E-state index contributed by atoms with van der Waals surface area (Å²) in [5.41, 5.74) is 1.86. The number of amides is 1. The number of benzene rings is 2. The van der Waals surface area contributed by atoms with Gasteiger partial charge in [0.1, 0.15) is 12.3 Å². The Bertz CT molecular complexity index is 923. The molecule has 140 valence electrons. The Morgan fingerprint density at radius 3 is 2.41 bits per heavy atom. The van der Waals surface area contributed by atoms with Crippen molar-refractivity contribution in [3.8, 4) is 5.75 Å². The Hall–Kier alpha value is -1.79. The summed E-state index contributed by atoms with van der Waals surface area (Å²) in [6.45, 7) is 2.59. The van der Waals surface area contributed by atoms with Gasteiger partial charge in [0.2, 0.25) is 0 Å². The second-order valence-corrected chi connectivity index (χ2v) is 7.34. The van der Waals surface area contributed by atoms with Gasteiger partial charge in [-0.1, -0.05) is 53.0 Å².